The Bertz CT molecular complexity index is 1100. The Morgan fingerprint density at radius 3 is 2.62 bits per heavy atom. The van der Waals surface area contributed by atoms with Crippen LogP contribution in [0.2, 0.25) is 0 Å². The number of amides is 1. The predicted octanol–water partition coefficient (Wildman–Crippen LogP) is 3.63. The molecule has 0 aliphatic heterocycles. The first-order valence-corrected chi connectivity index (χ1v) is 7.92. The van der Waals surface area contributed by atoms with Gasteiger partial charge in [0.1, 0.15) is 0 Å². The lowest BCUT2D eigenvalue weighted by Crippen LogP contribution is -2.17. The van der Waals surface area contributed by atoms with E-state index in [1.54, 1.807) is 35.9 Å². The number of nitrogens with zero attached hydrogens (tertiary/aromatic N) is 2. The van der Waals surface area contributed by atoms with Crippen LogP contribution < -0.4 is 5.32 Å². The lowest BCUT2D eigenvalue weighted by Gasteiger charge is -2.02. The van der Waals surface area contributed by atoms with Crippen molar-refractivity contribution in [3.63, 3.8) is 0 Å². The van der Waals surface area contributed by atoms with Gasteiger partial charge in [0, 0.05) is 23.7 Å². The smallest absolute Gasteiger partial charge is 0.251 e. The van der Waals surface area contributed by atoms with E-state index in [1.807, 2.05) is 12.1 Å². The summed E-state index contributed by atoms with van der Waals surface area (Å²) in [4.78, 5) is 11.8. The van der Waals surface area contributed by atoms with Crippen LogP contribution in [0.15, 0.2) is 54.6 Å². The van der Waals surface area contributed by atoms with E-state index in [-0.39, 0.29) is 5.91 Å². The van der Waals surface area contributed by atoms with E-state index in [4.69, 9.17) is 0 Å². The third kappa shape index (κ3) is 2.73. The summed E-state index contributed by atoms with van der Waals surface area (Å²) in [5.41, 5.74) is 3.96. The van der Waals surface area contributed by atoms with Gasteiger partial charge in [-0.2, -0.15) is 9.73 Å². The normalized spacial score (nSPS) is 11.0. The molecule has 0 saturated carbocycles. The SMILES string of the molecule is CNC(=O)c1cccc(-c2cc3cc(-c4ccc(F)c(F)c4)[nH]n3n2)c1. The summed E-state index contributed by atoms with van der Waals surface area (Å²) < 4.78 is 28.1. The fourth-order valence-corrected chi connectivity index (χ4v) is 2.80. The lowest BCUT2D eigenvalue weighted by atomic mass is 10.1. The standard InChI is InChI=1S/C19H14F2N4O/c1-22-19(26)13-4-2-3-11(7-13)17-9-14-10-18(24-25(14)23-17)12-5-6-15(20)16(21)8-12/h2-10,24H,1H3,(H,22,26). The molecule has 130 valence electrons. The number of H-pyrrole nitrogens is 1. The molecule has 4 aromatic rings. The van der Waals surface area contributed by atoms with Crippen molar-refractivity contribution in [2.24, 2.45) is 0 Å². The predicted molar refractivity (Wildman–Crippen MR) is 93.7 cm³/mol. The van der Waals surface area contributed by atoms with Crippen LogP contribution in [0.5, 0.6) is 0 Å². The van der Waals surface area contributed by atoms with Crippen LogP contribution in [0.25, 0.3) is 28.0 Å². The van der Waals surface area contributed by atoms with Crippen molar-refractivity contribution in [2.45, 2.75) is 0 Å². The molecule has 0 bridgehead atoms. The first-order valence-electron chi connectivity index (χ1n) is 7.92. The molecule has 2 aromatic heterocycles. The number of benzene rings is 2. The number of carbonyl (C=O) groups excluding carboxylic acids is 1. The molecule has 0 unspecified atom stereocenters. The number of carbonyl (C=O) groups is 1. The molecule has 1 amide bonds. The first-order chi connectivity index (χ1) is 12.5. The van der Waals surface area contributed by atoms with E-state index < -0.39 is 11.6 Å². The van der Waals surface area contributed by atoms with Crippen molar-refractivity contribution < 1.29 is 13.6 Å². The number of halogens is 2. The number of rotatable bonds is 3. The minimum atomic E-state index is -0.901. The van der Waals surface area contributed by atoms with Crippen LogP contribution in [-0.2, 0) is 0 Å². The van der Waals surface area contributed by atoms with Crippen LogP contribution in [-0.4, -0.2) is 27.8 Å². The largest absolute Gasteiger partial charge is 0.355 e. The number of hydrogen-bond acceptors (Lipinski definition) is 2. The summed E-state index contributed by atoms with van der Waals surface area (Å²) in [6.07, 6.45) is 0. The monoisotopic (exact) mass is 352 g/mol. The molecule has 7 heteroatoms. The fourth-order valence-electron chi connectivity index (χ4n) is 2.80. The second kappa shape index (κ2) is 6.11. The quantitative estimate of drug-likeness (QED) is 0.591. The highest BCUT2D eigenvalue weighted by Gasteiger charge is 2.12. The van der Waals surface area contributed by atoms with Gasteiger partial charge < -0.3 is 5.32 Å². The zero-order valence-electron chi connectivity index (χ0n) is 13.8. The molecule has 2 N–H and O–H groups in total. The summed E-state index contributed by atoms with van der Waals surface area (Å²) in [5, 5.41) is 10.1. The van der Waals surface area contributed by atoms with Gasteiger partial charge in [-0.05, 0) is 42.5 Å². The maximum absolute atomic E-state index is 13.4. The van der Waals surface area contributed by atoms with Gasteiger partial charge in [-0.15, -0.1) is 0 Å². The highest BCUT2D eigenvalue weighted by atomic mass is 19.2. The van der Waals surface area contributed by atoms with Crippen molar-refractivity contribution in [2.75, 3.05) is 7.05 Å². The second-order valence-corrected chi connectivity index (χ2v) is 5.82. The summed E-state index contributed by atoms with van der Waals surface area (Å²) in [6.45, 7) is 0. The van der Waals surface area contributed by atoms with Gasteiger partial charge in [-0.1, -0.05) is 12.1 Å². The molecule has 4 rings (SSSR count). The number of nitrogens with one attached hydrogen (secondary N) is 2. The van der Waals surface area contributed by atoms with Crippen LogP contribution in [0.4, 0.5) is 8.78 Å². The van der Waals surface area contributed by atoms with Crippen molar-refractivity contribution in [1.29, 1.82) is 0 Å². The zero-order valence-corrected chi connectivity index (χ0v) is 13.8. The zero-order chi connectivity index (χ0) is 18.3. The maximum atomic E-state index is 13.4. The Hall–Kier alpha value is -3.48. The van der Waals surface area contributed by atoms with E-state index in [1.165, 1.54) is 6.07 Å². The van der Waals surface area contributed by atoms with Gasteiger partial charge in [0.2, 0.25) is 0 Å². The van der Waals surface area contributed by atoms with Gasteiger partial charge in [-0.25, -0.2) is 8.78 Å². The maximum Gasteiger partial charge on any atom is 0.251 e. The van der Waals surface area contributed by atoms with Crippen LogP contribution in [0.3, 0.4) is 0 Å². The van der Waals surface area contributed by atoms with Crippen molar-refractivity contribution >= 4 is 11.4 Å². The second-order valence-electron chi connectivity index (χ2n) is 5.82. The topological polar surface area (TPSA) is 62.2 Å². The third-order valence-corrected chi connectivity index (χ3v) is 4.13. The average molecular weight is 352 g/mol. The van der Waals surface area contributed by atoms with Gasteiger partial charge in [0.25, 0.3) is 5.91 Å². The minimum Gasteiger partial charge on any atom is -0.355 e. The highest BCUT2D eigenvalue weighted by Crippen LogP contribution is 2.25. The summed E-state index contributed by atoms with van der Waals surface area (Å²) in [5.74, 6) is -1.96. The molecule has 26 heavy (non-hydrogen) atoms. The highest BCUT2D eigenvalue weighted by molar-refractivity contribution is 5.95. The molecule has 0 aliphatic rings. The third-order valence-electron chi connectivity index (χ3n) is 4.13. The first kappa shape index (κ1) is 16.0. The Labute approximate surface area is 147 Å². The Kier molecular flexibility index (Phi) is 3.76. The molecule has 0 aliphatic carbocycles. The summed E-state index contributed by atoms with van der Waals surface area (Å²) in [6, 6.07) is 14.5. The lowest BCUT2D eigenvalue weighted by molar-refractivity contribution is 0.0963. The Morgan fingerprint density at radius 2 is 1.88 bits per heavy atom. The molecule has 0 atom stereocenters. The molecule has 5 nitrogen and oxygen atoms in total. The van der Waals surface area contributed by atoms with Gasteiger partial charge in [-0.3, -0.25) is 9.89 Å². The van der Waals surface area contributed by atoms with Crippen molar-refractivity contribution in [1.82, 2.24) is 20.1 Å². The Morgan fingerprint density at radius 1 is 1.04 bits per heavy atom. The van der Waals surface area contributed by atoms with E-state index in [2.05, 4.69) is 15.5 Å². The van der Waals surface area contributed by atoms with E-state index in [0.29, 0.717) is 22.5 Å². The van der Waals surface area contributed by atoms with Gasteiger partial charge in [0.15, 0.2) is 11.6 Å². The van der Waals surface area contributed by atoms with Crippen molar-refractivity contribution in [3.8, 4) is 22.5 Å². The minimum absolute atomic E-state index is 0.169. The molecule has 2 heterocycles. The van der Waals surface area contributed by atoms with Crippen LogP contribution >= 0.6 is 0 Å². The van der Waals surface area contributed by atoms with Gasteiger partial charge in [0.05, 0.1) is 16.9 Å². The molecule has 0 spiro atoms. The van der Waals surface area contributed by atoms with Gasteiger partial charge >= 0.3 is 0 Å². The Balaban J connectivity index is 1.71. The summed E-state index contributed by atoms with van der Waals surface area (Å²) in [7, 11) is 1.58. The molecular weight excluding hydrogens is 338 g/mol. The molecule has 0 radical (unpaired) electrons. The van der Waals surface area contributed by atoms with E-state index in [0.717, 1.165) is 23.2 Å². The number of fused-ring (bicyclic) bond motifs is 1. The summed E-state index contributed by atoms with van der Waals surface area (Å²) >= 11 is 0. The molecular formula is C19H14F2N4O. The van der Waals surface area contributed by atoms with E-state index >= 15 is 0 Å². The van der Waals surface area contributed by atoms with Crippen molar-refractivity contribution in [3.05, 3.63) is 71.8 Å². The van der Waals surface area contributed by atoms with E-state index in [9.17, 15) is 13.6 Å². The molecule has 0 saturated heterocycles. The number of aromatic nitrogens is 3. The molecule has 0 fully saturated rings. The van der Waals surface area contributed by atoms with Crippen LogP contribution in [0, 0.1) is 11.6 Å². The average Bonchev–Trinajstić information content (AvgIpc) is 3.22. The number of hydrogen-bond donors (Lipinski definition) is 2. The molecule has 2 aromatic carbocycles. The fraction of sp³-hybridized carbons (Fsp3) is 0.0526. The number of aromatic amines is 1. The van der Waals surface area contributed by atoms with Crippen LogP contribution in [0.1, 0.15) is 10.4 Å².